The number of rotatable bonds is 1. The summed E-state index contributed by atoms with van der Waals surface area (Å²) in [5.74, 6) is 0. The standard InChI is InChI=1S/C12H15ClN2/c1-14-7-12-6-11(14)8-15(12)10-4-2-9(13)3-5-10/h2-5,11-12H,6-8H2,1H3/t11-,12-/m0/s1. The normalized spacial score (nSPS) is 30.1. The molecule has 1 aromatic carbocycles. The third kappa shape index (κ3) is 1.52. The first-order chi connectivity index (χ1) is 7.24. The van der Waals surface area contributed by atoms with Gasteiger partial charge in [-0.15, -0.1) is 0 Å². The highest BCUT2D eigenvalue weighted by Gasteiger charge is 2.41. The second kappa shape index (κ2) is 3.39. The van der Waals surface area contributed by atoms with Gasteiger partial charge in [-0.05, 0) is 37.7 Å². The lowest BCUT2D eigenvalue weighted by Crippen LogP contribution is -2.44. The van der Waals surface area contributed by atoms with E-state index in [-0.39, 0.29) is 0 Å². The zero-order chi connectivity index (χ0) is 10.4. The van der Waals surface area contributed by atoms with Crippen LogP contribution in [0.25, 0.3) is 0 Å². The topological polar surface area (TPSA) is 6.48 Å². The molecule has 3 heteroatoms. The third-order valence-electron chi connectivity index (χ3n) is 3.67. The van der Waals surface area contributed by atoms with Crippen LogP contribution in [0.5, 0.6) is 0 Å². The van der Waals surface area contributed by atoms with E-state index < -0.39 is 0 Å². The molecule has 0 spiro atoms. The Morgan fingerprint density at radius 1 is 1.13 bits per heavy atom. The number of piperazine rings is 1. The summed E-state index contributed by atoms with van der Waals surface area (Å²) in [6, 6.07) is 9.68. The van der Waals surface area contributed by atoms with Gasteiger partial charge >= 0.3 is 0 Å². The molecule has 0 N–H and O–H groups in total. The van der Waals surface area contributed by atoms with Crippen LogP contribution >= 0.6 is 11.6 Å². The van der Waals surface area contributed by atoms with Crippen LogP contribution in [-0.4, -0.2) is 37.1 Å². The van der Waals surface area contributed by atoms with Crippen molar-refractivity contribution in [3.8, 4) is 0 Å². The molecule has 2 heterocycles. The number of fused-ring (bicyclic) bond motifs is 2. The van der Waals surface area contributed by atoms with Crippen LogP contribution < -0.4 is 4.90 Å². The molecule has 1 aromatic rings. The molecule has 2 saturated heterocycles. The SMILES string of the molecule is CN1C[C@@H]2C[C@H]1CN2c1ccc(Cl)cc1. The maximum atomic E-state index is 5.89. The van der Waals surface area contributed by atoms with Crippen molar-refractivity contribution in [1.82, 2.24) is 4.90 Å². The van der Waals surface area contributed by atoms with Crippen molar-refractivity contribution in [3.63, 3.8) is 0 Å². The average Bonchev–Trinajstić information content (AvgIpc) is 2.77. The molecule has 0 aliphatic carbocycles. The molecule has 2 aliphatic heterocycles. The van der Waals surface area contributed by atoms with Gasteiger partial charge in [-0.2, -0.15) is 0 Å². The van der Waals surface area contributed by atoms with E-state index in [9.17, 15) is 0 Å². The van der Waals surface area contributed by atoms with Crippen molar-refractivity contribution in [1.29, 1.82) is 0 Å². The molecule has 0 saturated carbocycles. The highest BCUT2D eigenvalue weighted by atomic mass is 35.5. The molecule has 2 aliphatic rings. The Kier molecular flexibility index (Phi) is 2.15. The predicted octanol–water partition coefficient (Wildman–Crippen LogP) is 2.23. The van der Waals surface area contributed by atoms with Gasteiger partial charge < -0.3 is 4.90 Å². The van der Waals surface area contributed by atoms with E-state index in [0.717, 1.165) is 11.1 Å². The van der Waals surface area contributed by atoms with Crippen LogP contribution in [0.3, 0.4) is 0 Å². The molecule has 0 unspecified atom stereocenters. The van der Waals surface area contributed by atoms with Gasteiger partial charge in [0.15, 0.2) is 0 Å². The molecular weight excluding hydrogens is 208 g/mol. The monoisotopic (exact) mass is 222 g/mol. The molecule has 2 bridgehead atoms. The summed E-state index contributed by atoms with van der Waals surface area (Å²) in [5.41, 5.74) is 1.32. The third-order valence-corrected chi connectivity index (χ3v) is 3.92. The summed E-state index contributed by atoms with van der Waals surface area (Å²) < 4.78 is 0. The Labute approximate surface area is 95.4 Å². The maximum Gasteiger partial charge on any atom is 0.0433 e. The Hall–Kier alpha value is -0.730. The number of halogens is 1. The molecule has 2 fully saturated rings. The van der Waals surface area contributed by atoms with Crippen LogP contribution in [0.4, 0.5) is 5.69 Å². The summed E-state index contributed by atoms with van der Waals surface area (Å²) in [7, 11) is 2.23. The minimum Gasteiger partial charge on any atom is -0.366 e. The summed E-state index contributed by atoms with van der Waals surface area (Å²) in [5, 5.41) is 0.820. The molecule has 0 amide bonds. The van der Waals surface area contributed by atoms with Gasteiger partial charge in [0.1, 0.15) is 0 Å². The summed E-state index contributed by atoms with van der Waals surface area (Å²) in [4.78, 5) is 4.98. The Morgan fingerprint density at radius 2 is 1.87 bits per heavy atom. The smallest absolute Gasteiger partial charge is 0.0433 e. The van der Waals surface area contributed by atoms with Crippen molar-refractivity contribution in [2.75, 3.05) is 25.0 Å². The molecule has 0 aromatic heterocycles. The fourth-order valence-corrected chi connectivity index (χ4v) is 2.94. The second-order valence-electron chi connectivity index (χ2n) is 4.61. The summed E-state index contributed by atoms with van der Waals surface area (Å²) in [6.07, 6.45) is 1.32. The minimum atomic E-state index is 0.709. The number of hydrogen-bond donors (Lipinski definition) is 0. The van der Waals surface area contributed by atoms with Crippen LogP contribution in [-0.2, 0) is 0 Å². The molecular formula is C12H15ClN2. The number of benzene rings is 1. The number of anilines is 1. The zero-order valence-corrected chi connectivity index (χ0v) is 9.61. The molecule has 15 heavy (non-hydrogen) atoms. The number of likely N-dealkylation sites (tertiary alicyclic amines) is 1. The van der Waals surface area contributed by atoms with Crippen LogP contribution in [0.2, 0.25) is 5.02 Å². The van der Waals surface area contributed by atoms with Gasteiger partial charge in [-0.1, -0.05) is 11.6 Å². The molecule has 3 rings (SSSR count). The molecule has 0 radical (unpaired) electrons. The van der Waals surface area contributed by atoms with E-state index >= 15 is 0 Å². The van der Waals surface area contributed by atoms with Crippen molar-refractivity contribution >= 4 is 17.3 Å². The Balaban J connectivity index is 1.83. The van der Waals surface area contributed by atoms with E-state index in [4.69, 9.17) is 11.6 Å². The molecule has 2 atom stereocenters. The number of nitrogens with zero attached hydrogens (tertiary/aromatic N) is 2. The van der Waals surface area contributed by atoms with E-state index in [2.05, 4.69) is 29.0 Å². The van der Waals surface area contributed by atoms with Gasteiger partial charge in [0.25, 0.3) is 0 Å². The van der Waals surface area contributed by atoms with Crippen LogP contribution in [0.15, 0.2) is 24.3 Å². The van der Waals surface area contributed by atoms with Gasteiger partial charge in [0, 0.05) is 35.9 Å². The van der Waals surface area contributed by atoms with Crippen molar-refractivity contribution in [2.45, 2.75) is 18.5 Å². The second-order valence-corrected chi connectivity index (χ2v) is 5.05. The van der Waals surface area contributed by atoms with Gasteiger partial charge in [0.2, 0.25) is 0 Å². The summed E-state index contributed by atoms with van der Waals surface area (Å²) >= 11 is 5.89. The lowest BCUT2D eigenvalue weighted by Gasteiger charge is -2.33. The number of likely N-dealkylation sites (N-methyl/N-ethyl adjacent to an activating group) is 1. The van der Waals surface area contributed by atoms with E-state index in [1.807, 2.05) is 12.1 Å². The first kappa shape index (κ1) is 9.49. The van der Waals surface area contributed by atoms with Gasteiger partial charge in [-0.25, -0.2) is 0 Å². The summed E-state index contributed by atoms with van der Waals surface area (Å²) in [6.45, 7) is 2.37. The van der Waals surface area contributed by atoms with E-state index in [1.54, 1.807) is 0 Å². The quantitative estimate of drug-likeness (QED) is 0.719. The number of hydrogen-bond acceptors (Lipinski definition) is 2. The Morgan fingerprint density at radius 3 is 2.40 bits per heavy atom. The average molecular weight is 223 g/mol. The Bertz CT molecular complexity index is 360. The first-order valence-corrected chi connectivity index (χ1v) is 5.84. The fraction of sp³-hybridized carbons (Fsp3) is 0.500. The maximum absolute atomic E-state index is 5.89. The van der Waals surface area contributed by atoms with Gasteiger partial charge in [-0.3, -0.25) is 4.90 Å². The predicted molar refractivity (Wildman–Crippen MR) is 63.6 cm³/mol. The lowest BCUT2D eigenvalue weighted by molar-refractivity contribution is 0.292. The minimum absolute atomic E-state index is 0.709. The molecule has 80 valence electrons. The van der Waals surface area contributed by atoms with E-state index in [0.29, 0.717) is 6.04 Å². The van der Waals surface area contributed by atoms with Crippen molar-refractivity contribution in [3.05, 3.63) is 29.3 Å². The lowest BCUT2D eigenvalue weighted by atomic mass is 10.2. The van der Waals surface area contributed by atoms with Crippen LogP contribution in [0.1, 0.15) is 6.42 Å². The van der Waals surface area contributed by atoms with Crippen LogP contribution in [0, 0.1) is 0 Å². The largest absolute Gasteiger partial charge is 0.366 e. The van der Waals surface area contributed by atoms with Crippen molar-refractivity contribution in [2.24, 2.45) is 0 Å². The fourth-order valence-electron chi connectivity index (χ4n) is 2.81. The molecule has 2 nitrogen and oxygen atoms in total. The highest BCUT2D eigenvalue weighted by molar-refractivity contribution is 6.30. The zero-order valence-electron chi connectivity index (χ0n) is 8.86. The van der Waals surface area contributed by atoms with E-state index in [1.165, 1.54) is 25.2 Å². The van der Waals surface area contributed by atoms with Crippen molar-refractivity contribution < 1.29 is 0 Å². The highest BCUT2D eigenvalue weighted by Crippen LogP contribution is 2.33. The van der Waals surface area contributed by atoms with Gasteiger partial charge in [0.05, 0.1) is 0 Å². The first-order valence-electron chi connectivity index (χ1n) is 5.46.